The number of benzene rings is 2. The third kappa shape index (κ3) is 2.83. The molecule has 2 N–H and O–H groups in total. The smallest absolute Gasteiger partial charge is 0.124 e. The van der Waals surface area contributed by atoms with Gasteiger partial charge < -0.3 is 10.5 Å². The Morgan fingerprint density at radius 1 is 0.944 bits per heavy atom. The quantitative estimate of drug-likeness (QED) is 0.830. The molecule has 0 atom stereocenters. The first kappa shape index (κ1) is 12.5. The van der Waals surface area contributed by atoms with Crippen LogP contribution in [0.2, 0.25) is 0 Å². The Bertz CT molecular complexity index is 510. The molecule has 2 aromatic carbocycles. The summed E-state index contributed by atoms with van der Waals surface area (Å²) in [5.74, 6) is 0.857. The highest BCUT2D eigenvalue weighted by atomic mass is 16.5. The molecule has 18 heavy (non-hydrogen) atoms. The molecular weight excluding hydrogens is 222 g/mol. The van der Waals surface area contributed by atoms with Crippen molar-refractivity contribution in [3.8, 4) is 5.75 Å². The predicted octanol–water partition coefficient (Wildman–Crippen LogP) is 3.77. The zero-order valence-electron chi connectivity index (χ0n) is 11.2. The zero-order chi connectivity index (χ0) is 13.1. The highest BCUT2D eigenvalue weighted by Crippen LogP contribution is 2.22. The van der Waals surface area contributed by atoms with Gasteiger partial charge >= 0.3 is 0 Å². The topological polar surface area (TPSA) is 35.2 Å². The maximum atomic E-state index is 5.86. The van der Waals surface area contributed by atoms with Gasteiger partial charge in [0.25, 0.3) is 0 Å². The highest BCUT2D eigenvalue weighted by Gasteiger charge is 2.03. The Kier molecular flexibility index (Phi) is 3.56. The van der Waals surface area contributed by atoms with Crippen molar-refractivity contribution in [2.24, 2.45) is 0 Å². The van der Waals surface area contributed by atoms with E-state index in [4.69, 9.17) is 10.5 Å². The summed E-state index contributed by atoms with van der Waals surface area (Å²) in [7, 11) is 0. The van der Waals surface area contributed by atoms with Gasteiger partial charge in [0.05, 0.1) is 0 Å². The van der Waals surface area contributed by atoms with E-state index in [1.165, 1.54) is 16.7 Å². The summed E-state index contributed by atoms with van der Waals surface area (Å²) in [6, 6.07) is 12.1. The number of rotatable bonds is 3. The number of ether oxygens (including phenoxy) is 1. The Morgan fingerprint density at radius 2 is 1.67 bits per heavy atom. The van der Waals surface area contributed by atoms with Crippen LogP contribution in [-0.4, -0.2) is 0 Å². The summed E-state index contributed by atoms with van der Waals surface area (Å²) in [6.07, 6.45) is 0. The van der Waals surface area contributed by atoms with E-state index in [0.29, 0.717) is 6.61 Å². The van der Waals surface area contributed by atoms with Crippen LogP contribution in [0.5, 0.6) is 5.75 Å². The Hall–Kier alpha value is -1.96. The van der Waals surface area contributed by atoms with Crippen molar-refractivity contribution in [2.45, 2.75) is 27.4 Å². The summed E-state index contributed by atoms with van der Waals surface area (Å²) < 4.78 is 5.86. The van der Waals surface area contributed by atoms with Gasteiger partial charge in [0.1, 0.15) is 12.4 Å². The lowest BCUT2D eigenvalue weighted by Crippen LogP contribution is -2.00. The van der Waals surface area contributed by atoms with Gasteiger partial charge in [0.2, 0.25) is 0 Å². The predicted molar refractivity (Wildman–Crippen MR) is 75.8 cm³/mol. The van der Waals surface area contributed by atoms with E-state index < -0.39 is 0 Å². The number of hydrogen-bond acceptors (Lipinski definition) is 2. The molecule has 0 radical (unpaired) electrons. The van der Waals surface area contributed by atoms with Crippen molar-refractivity contribution in [1.82, 2.24) is 0 Å². The third-order valence-electron chi connectivity index (χ3n) is 3.10. The van der Waals surface area contributed by atoms with Crippen LogP contribution in [0.25, 0.3) is 0 Å². The molecule has 0 aromatic heterocycles. The van der Waals surface area contributed by atoms with Gasteiger partial charge in [0.15, 0.2) is 0 Å². The maximum absolute atomic E-state index is 5.86. The minimum absolute atomic E-state index is 0.581. The monoisotopic (exact) mass is 241 g/mol. The molecule has 0 aliphatic carbocycles. The standard InChI is InChI=1S/C16H19NO/c1-11-4-5-12(2)14(8-11)10-18-16-9-15(17)7-6-13(16)3/h4-9H,10,17H2,1-3H3. The first-order valence-electron chi connectivity index (χ1n) is 6.11. The fraction of sp³-hybridized carbons (Fsp3) is 0.250. The van der Waals surface area contributed by atoms with Crippen molar-refractivity contribution in [3.05, 3.63) is 58.7 Å². The van der Waals surface area contributed by atoms with Crippen LogP contribution in [-0.2, 0) is 6.61 Å². The average Bonchev–Trinajstić information content (AvgIpc) is 2.34. The molecule has 0 bridgehead atoms. The number of hydrogen-bond donors (Lipinski definition) is 1. The van der Waals surface area contributed by atoms with Crippen LogP contribution < -0.4 is 10.5 Å². The van der Waals surface area contributed by atoms with Gasteiger partial charge in [-0.05, 0) is 43.5 Å². The van der Waals surface area contributed by atoms with E-state index in [1.807, 2.05) is 25.1 Å². The second-order valence-electron chi connectivity index (χ2n) is 4.74. The molecule has 0 aliphatic rings. The molecule has 2 rings (SSSR count). The molecule has 2 nitrogen and oxygen atoms in total. The second-order valence-corrected chi connectivity index (χ2v) is 4.74. The van der Waals surface area contributed by atoms with Gasteiger partial charge in [-0.3, -0.25) is 0 Å². The number of anilines is 1. The average molecular weight is 241 g/mol. The largest absolute Gasteiger partial charge is 0.489 e. The molecule has 2 aromatic rings. The minimum atomic E-state index is 0.581. The Balaban J connectivity index is 2.16. The van der Waals surface area contributed by atoms with Crippen molar-refractivity contribution in [1.29, 1.82) is 0 Å². The van der Waals surface area contributed by atoms with Crippen LogP contribution in [0.3, 0.4) is 0 Å². The minimum Gasteiger partial charge on any atom is -0.489 e. The lowest BCUT2D eigenvalue weighted by atomic mass is 10.1. The summed E-state index contributed by atoms with van der Waals surface area (Å²) in [5.41, 5.74) is 11.3. The summed E-state index contributed by atoms with van der Waals surface area (Å²) in [5, 5.41) is 0. The van der Waals surface area contributed by atoms with Gasteiger partial charge in [0, 0.05) is 11.8 Å². The van der Waals surface area contributed by atoms with Gasteiger partial charge in [-0.2, -0.15) is 0 Å². The molecule has 0 heterocycles. The van der Waals surface area contributed by atoms with E-state index in [2.05, 4.69) is 32.0 Å². The molecular formula is C16H19NO. The molecule has 0 fully saturated rings. The van der Waals surface area contributed by atoms with Crippen molar-refractivity contribution in [3.63, 3.8) is 0 Å². The fourth-order valence-electron chi connectivity index (χ4n) is 1.88. The molecule has 0 amide bonds. The lowest BCUT2D eigenvalue weighted by molar-refractivity contribution is 0.303. The van der Waals surface area contributed by atoms with E-state index in [0.717, 1.165) is 17.0 Å². The van der Waals surface area contributed by atoms with Crippen molar-refractivity contribution >= 4 is 5.69 Å². The van der Waals surface area contributed by atoms with Gasteiger partial charge in [-0.25, -0.2) is 0 Å². The van der Waals surface area contributed by atoms with Gasteiger partial charge in [-0.1, -0.05) is 29.8 Å². The van der Waals surface area contributed by atoms with E-state index in [9.17, 15) is 0 Å². The van der Waals surface area contributed by atoms with E-state index in [-0.39, 0.29) is 0 Å². The summed E-state index contributed by atoms with van der Waals surface area (Å²) in [6.45, 7) is 6.80. The van der Waals surface area contributed by atoms with Crippen LogP contribution in [0.15, 0.2) is 36.4 Å². The summed E-state index contributed by atoms with van der Waals surface area (Å²) in [4.78, 5) is 0. The fourth-order valence-corrected chi connectivity index (χ4v) is 1.88. The molecule has 2 heteroatoms. The van der Waals surface area contributed by atoms with Crippen LogP contribution in [0, 0.1) is 20.8 Å². The lowest BCUT2D eigenvalue weighted by Gasteiger charge is -2.12. The van der Waals surface area contributed by atoms with Gasteiger partial charge in [-0.15, -0.1) is 0 Å². The number of nitrogens with two attached hydrogens (primary N) is 1. The third-order valence-corrected chi connectivity index (χ3v) is 3.10. The molecule has 94 valence electrons. The van der Waals surface area contributed by atoms with Crippen LogP contribution >= 0.6 is 0 Å². The van der Waals surface area contributed by atoms with Crippen molar-refractivity contribution in [2.75, 3.05) is 5.73 Å². The number of nitrogen functional groups attached to an aromatic ring is 1. The highest BCUT2D eigenvalue weighted by molar-refractivity contribution is 5.48. The molecule has 0 unspecified atom stereocenters. The first-order valence-corrected chi connectivity index (χ1v) is 6.11. The Labute approximate surface area is 108 Å². The second kappa shape index (κ2) is 5.13. The molecule has 0 saturated carbocycles. The van der Waals surface area contributed by atoms with Crippen LogP contribution in [0.4, 0.5) is 5.69 Å². The number of aryl methyl sites for hydroxylation is 3. The molecule has 0 spiro atoms. The first-order chi connectivity index (χ1) is 8.56. The normalized spacial score (nSPS) is 10.4. The maximum Gasteiger partial charge on any atom is 0.124 e. The zero-order valence-corrected chi connectivity index (χ0v) is 11.2. The molecule has 0 saturated heterocycles. The van der Waals surface area contributed by atoms with E-state index >= 15 is 0 Å². The van der Waals surface area contributed by atoms with E-state index in [1.54, 1.807) is 0 Å². The summed E-state index contributed by atoms with van der Waals surface area (Å²) >= 11 is 0. The van der Waals surface area contributed by atoms with Crippen LogP contribution in [0.1, 0.15) is 22.3 Å². The SMILES string of the molecule is Cc1ccc(C)c(COc2cc(N)ccc2C)c1. The van der Waals surface area contributed by atoms with Crippen molar-refractivity contribution < 1.29 is 4.74 Å². The molecule has 0 aliphatic heterocycles. The Morgan fingerprint density at radius 3 is 2.44 bits per heavy atom.